The molecule has 0 aliphatic rings. The summed E-state index contributed by atoms with van der Waals surface area (Å²) in [5.41, 5.74) is 2.92. The number of carbonyl (C=O) groups is 1. The minimum atomic E-state index is 0.0578. The number of hydrogen-bond acceptors (Lipinski definition) is 3. The lowest BCUT2D eigenvalue weighted by Gasteiger charge is -2.16. The second-order valence-corrected chi connectivity index (χ2v) is 3.31. The first kappa shape index (κ1) is 12.4. The normalized spacial score (nSPS) is 10.9. The van der Waals surface area contributed by atoms with Crippen LogP contribution in [0.5, 0.6) is 0 Å². The number of carbonyl (C=O) groups excluding carboxylic acids is 1. The first-order valence-electron chi connectivity index (χ1n) is 4.80. The molecule has 0 rings (SSSR count). The predicted molar refractivity (Wildman–Crippen MR) is 54.2 cm³/mol. The molecule has 1 amide bonds. The molecule has 0 aromatic carbocycles. The van der Waals surface area contributed by atoms with Crippen LogP contribution in [-0.2, 0) is 4.79 Å². The van der Waals surface area contributed by atoms with E-state index in [0.717, 1.165) is 12.8 Å². The van der Waals surface area contributed by atoms with Crippen molar-refractivity contribution in [3.05, 3.63) is 0 Å². The molecule has 13 heavy (non-hydrogen) atoms. The highest BCUT2D eigenvalue weighted by Crippen LogP contribution is 1.94. The molecule has 0 aliphatic carbocycles. The molecule has 0 aromatic rings. The Bertz CT molecular complexity index is 144. The number of nitrogens with one attached hydrogen (secondary N) is 2. The van der Waals surface area contributed by atoms with E-state index in [-0.39, 0.29) is 5.91 Å². The molecule has 0 atom stereocenters. The second kappa shape index (κ2) is 6.86. The van der Waals surface area contributed by atoms with Gasteiger partial charge < -0.3 is 5.32 Å². The van der Waals surface area contributed by atoms with Gasteiger partial charge in [0.2, 0.25) is 5.91 Å². The number of amides is 1. The van der Waals surface area contributed by atoms with Crippen molar-refractivity contribution in [1.29, 1.82) is 0 Å². The highest BCUT2D eigenvalue weighted by Gasteiger charge is 2.07. The van der Waals surface area contributed by atoms with Crippen molar-refractivity contribution in [3.63, 3.8) is 0 Å². The minimum absolute atomic E-state index is 0.0578. The van der Waals surface area contributed by atoms with Gasteiger partial charge in [0, 0.05) is 20.1 Å². The van der Waals surface area contributed by atoms with Crippen LogP contribution in [0.15, 0.2) is 0 Å². The summed E-state index contributed by atoms with van der Waals surface area (Å²) in [6.07, 6.45) is 1.98. The van der Waals surface area contributed by atoms with Crippen LogP contribution in [-0.4, -0.2) is 37.6 Å². The Labute approximate surface area is 80.7 Å². The summed E-state index contributed by atoms with van der Waals surface area (Å²) in [6, 6.07) is 0.316. The van der Waals surface area contributed by atoms with Crippen molar-refractivity contribution in [2.24, 2.45) is 0 Å². The van der Waals surface area contributed by atoms with Crippen LogP contribution in [0.3, 0.4) is 0 Å². The van der Waals surface area contributed by atoms with Gasteiger partial charge in [-0.05, 0) is 12.8 Å². The Hall–Kier alpha value is -0.610. The Morgan fingerprint density at radius 1 is 1.31 bits per heavy atom. The van der Waals surface area contributed by atoms with Gasteiger partial charge in [-0.2, -0.15) is 0 Å². The van der Waals surface area contributed by atoms with E-state index in [2.05, 4.69) is 24.6 Å². The SMILES string of the molecule is CCC(CC)NC(=O)CNN(C)C. The van der Waals surface area contributed by atoms with E-state index in [9.17, 15) is 4.79 Å². The number of nitrogens with zero attached hydrogens (tertiary/aromatic N) is 1. The van der Waals surface area contributed by atoms with E-state index in [0.29, 0.717) is 12.6 Å². The van der Waals surface area contributed by atoms with Crippen LogP contribution in [0.25, 0.3) is 0 Å². The Balaban J connectivity index is 3.60. The first-order valence-corrected chi connectivity index (χ1v) is 4.80. The van der Waals surface area contributed by atoms with Gasteiger partial charge in [-0.15, -0.1) is 0 Å². The average Bonchev–Trinajstić information content (AvgIpc) is 2.10. The molecule has 0 aliphatic heterocycles. The lowest BCUT2D eigenvalue weighted by molar-refractivity contribution is -0.121. The molecule has 0 saturated carbocycles. The first-order chi connectivity index (χ1) is 6.10. The zero-order valence-corrected chi connectivity index (χ0v) is 9.05. The molecule has 0 spiro atoms. The molecule has 2 N–H and O–H groups in total. The summed E-state index contributed by atoms with van der Waals surface area (Å²) < 4.78 is 0. The highest BCUT2D eigenvalue weighted by atomic mass is 16.2. The third-order valence-corrected chi connectivity index (χ3v) is 1.91. The molecule has 0 heterocycles. The lowest BCUT2D eigenvalue weighted by Crippen LogP contribution is -2.43. The molecular formula is C9H21N3O. The molecule has 4 heteroatoms. The standard InChI is InChI=1S/C9H21N3O/c1-5-8(6-2)11-9(13)7-10-12(3)4/h8,10H,5-7H2,1-4H3,(H,11,13). The van der Waals surface area contributed by atoms with Gasteiger partial charge in [0.25, 0.3) is 0 Å². The van der Waals surface area contributed by atoms with Crippen molar-refractivity contribution < 1.29 is 4.79 Å². The summed E-state index contributed by atoms with van der Waals surface area (Å²) in [5.74, 6) is 0.0578. The van der Waals surface area contributed by atoms with Crippen molar-refractivity contribution >= 4 is 5.91 Å². The summed E-state index contributed by atoms with van der Waals surface area (Å²) >= 11 is 0. The smallest absolute Gasteiger partial charge is 0.235 e. The van der Waals surface area contributed by atoms with Crippen molar-refractivity contribution in [3.8, 4) is 0 Å². The second-order valence-electron chi connectivity index (χ2n) is 3.31. The summed E-state index contributed by atoms with van der Waals surface area (Å²) in [5, 5.41) is 4.71. The lowest BCUT2D eigenvalue weighted by atomic mass is 10.2. The average molecular weight is 187 g/mol. The fourth-order valence-electron chi connectivity index (χ4n) is 1.00. The third kappa shape index (κ3) is 6.54. The van der Waals surface area contributed by atoms with Gasteiger partial charge in [0.05, 0.1) is 6.54 Å². The van der Waals surface area contributed by atoms with Gasteiger partial charge in [0.15, 0.2) is 0 Å². The van der Waals surface area contributed by atoms with Crippen LogP contribution in [0.1, 0.15) is 26.7 Å². The molecule has 0 unspecified atom stereocenters. The molecule has 0 radical (unpaired) electrons. The van der Waals surface area contributed by atoms with E-state index in [1.54, 1.807) is 5.01 Å². The van der Waals surface area contributed by atoms with E-state index in [4.69, 9.17) is 0 Å². The zero-order valence-electron chi connectivity index (χ0n) is 9.05. The Morgan fingerprint density at radius 3 is 2.23 bits per heavy atom. The molecule has 0 bridgehead atoms. The maximum atomic E-state index is 11.3. The van der Waals surface area contributed by atoms with Gasteiger partial charge in [-0.25, -0.2) is 5.43 Å². The molecule has 4 nitrogen and oxygen atoms in total. The topological polar surface area (TPSA) is 44.4 Å². The van der Waals surface area contributed by atoms with Crippen LogP contribution >= 0.6 is 0 Å². The monoisotopic (exact) mass is 187 g/mol. The summed E-state index contributed by atoms with van der Waals surface area (Å²) in [6.45, 7) is 4.51. The molecule has 0 aromatic heterocycles. The van der Waals surface area contributed by atoms with E-state index >= 15 is 0 Å². The molecule has 0 fully saturated rings. The van der Waals surface area contributed by atoms with Gasteiger partial charge in [-0.3, -0.25) is 9.80 Å². The molecular weight excluding hydrogens is 166 g/mol. The highest BCUT2D eigenvalue weighted by molar-refractivity contribution is 5.78. The van der Waals surface area contributed by atoms with Gasteiger partial charge >= 0.3 is 0 Å². The molecule has 0 saturated heterocycles. The quantitative estimate of drug-likeness (QED) is 0.590. The fraction of sp³-hybridized carbons (Fsp3) is 0.889. The van der Waals surface area contributed by atoms with Gasteiger partial charge in [-0.1, -0.05) is 13.8 Å². The van der Waals surface area contributed by atoms with Crippen LogP contribution in [0.4, 0.5) is 0 Å². The van der Waals surface area contributed by atoms with Crippen LogP contribution < -0.4 is 10.7 Å². The van der Waals surface area contributed by atoms with Crippen molar-refractivity contribution in [1.82, 2.24) is 15.8 Å². The van der Waals surface area contributed by atoms with Crippen molar-refractivity contribution in [2.45, 2.75) is 32.7 Å². The van der Waals surface area contributed by atoms with Gasteiger partial charge in [0.1, 0.15) is 0 Å². The number of hydrogen-bond donors (Lipinski definition) is 2. The summed E-state index contributed by atoms with van der Waals surface area (Å²) in [7, 11) is 3.73. The fourth-order valence-corrected chi connectivity index (χ4v) is 1.00. The Morgan fingerprint density at radius 2 is 1.85 bits per heavy atom. The number of rotatable bonds is 6. The maximum Gasteiger partial charge on any atom is 0.235 e. The largest absolute Gasteiger partial charge is 0.352 e. The van der Waals surface area contributed by atoms with E-state index in [1.165, 1.54) is 0 Å². The minimum Gasteiger partial charge on any atom is -0.352 e. The van der Waals surface area contributed by atoms with Crippen molar-refractivity contribution in [2.75, 3.05) is 20.6 Å². The maximum absolute atomic E-state index is 11.3. The van der Waals surface area contributed by atoms with E-state index < -0.39 is 0 Å². The van der Waals surface area contributed by atoms with Crippen LogP contribution in [0.2, 0.25) is 0 Å². The zero-order chi connectivity index (χ0) is 10.3. The summed E-state index contributed by atoms with van der Waals surface area (Å²) in [4.78, 5) is 11.3. The molecule has 78 valence electrons. The number of hydrazine groups is 1. The Kier molecular flexibility index (Phi) is 6.54. The van der Waals surface area contributed by atoms with Crippen LogP contribution in [0, 0.1) is 0 Å². The third-order valence-electron chi connectivity index (χ3n) is 1.91. The van der Waals surface area contributed by atoms with E-state index in [1.807, 2.05) is 14.1 Å². The predicted octanol–water partition coefficient (Wildman–Crippen LogP) is 0.357.